The summed E-state index contributed by atoms with van der Waals surface area (Å²) in [7, 11) is 0. The zero-order chi connectivity index (χ0) is 27.0. The van der Waals surface area contributed by atoms with Gasteiger partial charge in [-0.1, -0.05) is 0 Å². The Labute approximate surface area is 210 Å². The number of aromatic nitrogens is 3. The highest BCUT2D eigenvalue weighted by Gasteiger charge is 2.33. The van der Waals surface area contributed by atoms with Crippen LogP contribution in [0.1, 0.15) is 52.0 Å². The van der Waals surface area contributed by atoms with Crippen LogP contribution in [-0.2, 0) is 17.5 Å². The number of fused-ring (bicyclic) bond motifs is 1. The summed E-state index contributed by atoms with van der Waals surface area (Å²) in [4.78, 5) is 32.5. The molecule has 11 heteroatoms. The number of carbonyl (C=O) groups is 1. The van der Waals surface area contributed by atoms with Crippen LogP contribution < -0.4 is 10.9 Å². The molecule has 0 aliphatic heterocycles. The molecule has 1 aliphatic carbocycles. The number of benzene rings is 1. The van der Waals surface area contributed by atoms with Gasteiger partial charge in [0.1, 0.15) is 11.4 Å². The summed E-state index contributed by atoms with van der Waals surface area (Å²) in [6, 6.07) is 4.00. The van der Waals surface area contributed by atoms with Gasteiger partial charge in [0.15, 0.2) is 5.82 Å². The van der Waals surface area contributed by atoms with E-state index in [9.17, 15) is 27.2 Å². The number of amides is 1. The number of hydrogen-bond acceptors (Lipinski definition) is 5. The first-order chi connectivity index (χ1) is 17.3. The summed E-state index contributed by atoms with van der Waals surface area (Å²) in [6.07, 6.45) is 1.04. The Kier molecular flexibility index (Phi) is 7.25. The van der Waals surface area contributed by atoms with E-state index in [4.69, 9.17) is 4.74 Å². The van der Waals surface area contributed by atoms with Crippen molar-refractivity contribution >= 4 is 16.9 Å². The smallest absolute Gasteiger partial charge is 0.419 e. The van der Waals surface area contributed by atoms with Gasteiger partial charge >= 0.3 is 12.3 Å². The van der Waals surface area contributed by atoms with Crippen molar-refractivity contribution in [3.63, 3.8) is 0 Å². The minimum atomic E-state index is -4.60. The van der Waals surface area contributed by atoms with Crippen LogP contribution in [0.4, 0.5) is 22.4 Å². The van der Waals surface area contributed by atoms with E-state index in [-0.39, 0.29) is 28.4 Å². The molecule has 0 radical (unpaired) electrons. The predicted octanol–water partition coefficient (Wildman–Crippen LogP) is 5.70. The molecule has 0 spiro atoms. The molecule has 1 saturated carbocycles. The molecule has 1 atom stereocenters. The van der Waals surface area contributed by atoms with Crippen LogP contribution in [-0.4, -0.2) is 32.3 Å². The van der Waals surface area contributed by atoms with Crippen LogP contribution in [0, 0.1) is 11.7 Å². The summed E-state index contributed by atoms with van der Waals surface area (Å²) in [5.41, 5.74) is -2.12. The molecular weight excluding hydrogens is 492 g/mol. The highest BCUT2D eigenvalue weighted by Crippen LogP contribution is 2.35. The largest absolute Gasteiger partial charge is 0.444 e. The Morgan fingerprint density at radius 3 is 2.46 bits per heavy atom. The van der Waals surface area contributed by atoms with E-state index in [1.165, 1.54) is 10.6 Å². The van der Waals surface area contributed by atoms with Gasteiger partial charge in [-0.25, -0.2) is 19.2 Å². The average Bonchev–Trinajstić information content (AvgIpc) is 3.64. The monoisotopic (exact) mass is 520 g/mol. The predicted molar refractivity (Wildman–Crippen MR) is 129 cm³/mol. The maximum atomic E-state index is 14.8. The van der Waals surface area contributed by atoms with E-state index in [0.29, 0.717) is 43.1 Å². The van der Waals surface area contributed by atoms with Crippen LogP contribution in [0.15, 0.2) is 41.6 Å². The first-order valence-corrected chi connectivity index (χ1v) is 12.0. The van der Waals surface area contributed by atoms with Gasteiger partial charge in [-0.05, 0) is 76.0 Å². The number of alkyl carbamates (subject to hydrolysis) is 1. The maximum absolute atomic E-state index is 14.8. The van der Waals surface area contributed by atoms with Crippen molar-refractivity contribution in [2.75, 3.05) is 0 Å². The topological polar surface area (TPSA) is 86.1 Å². The zero-order valence-corrected chi connectivity index (χ0v) is 20.7. The van der Waals surface area contributed by atoms with Gasteiger partial charge in [0, 0.05) is 31.2 Å². The van der Waals surface area contributed by atoms with Crippen molar-refractivity contribution in [2.24, 2.45) is 5.92 Å². The molecule has 3 aromatic rings. The average molecular weight is 521 g/mol. The third-order valence-corrected chi connectivity index (χ3v) is 6.09. The molecule has 198 valence electrons. The lowest BCUT2D eigenvalue weighted by atomic mass is 10.1. The van der Waals surface area contributed by atoms with Crippen molar-refractivity contribution < 1.29 is 27.1 Å². The summed E-state index contributed by atoms with van der Waals surface area (Å²) < 4.78 is 60.0. The number of ether oxygens (including phenoxy) is 1. The molecule has 1 N–H and O–H groups in total. The van der Waals surface area contributed by atoms with Crippen LogP contribution in [0.25, 0.3) is 22.2 Å². The van der Waals surface area contributed by atoms with Gasteiger partial charge in [0.05, 0.1) is 16.5 Å². The fourth-order valence-electron chi connectivity index (χ4n) is 4.13. The maximum Gasteiger partial charge on any atom is 0.419 e. The van der Waals surface area contributed by atoms with Gasteiger partial charge in [0.25, 0.3) is 5.56 Å². The number of halogens is 4. The normalized spacial score (nSPS) is 15.0. The fraction of sp³-hybridized carbons (Fsp3) is 0.462. The number of rotatable bonds is 7. The summed E-state index contributed by atoms with van der Waals surface area (Å²) in [6.45, 7) is 5.77. The van der Waals surface area contributed by atoms with E-state index < -0.39 is 29.3 Å². The number of aryl methyl sites for hydroxylation is 1. The van der Waals surface area contributed by atoms with E-state index in [1.807, 2.05) is 0 Å². The first kappa shape index (κ1) is 26.6. The van der Waals surface area contributed by atoms with Crippen LogP contribution >= 0.6 is 0 Å². The molecule has 0 bridgehead atoms. The number of hydrogen-bond donors (Lipinski definition) is 1. The Morgan fingerprint density at radius 1 is 1.19 bits per heavy atom. The van der Waals surface area contributed by atoms with Crippen molar-refractivity contribution in [1.82, 2.24) is 19.9 Å². The van der Waals surface area contributed by atoms with Crippen molar-refractivity contribution in [1.29, 1.82) is 0 Å². The highest BCUT2D eigenvalue weighted by molar-refractivity contribution is 5.86. The summed E-state index contributed by atoms with van der Waals surface area (Å²) >= 11 is 0. The van der Waals surface area contributed by atoms with Gasteiger partial charge < -0.3 is 14.6 Å². The molecule has 0 saturated heterocycles. The lowest BCUT2D eigenvalue weighted by molar-refractivity contribution is -0.138. The van der Waals surface area contributed by atoms with Gasteiger partial charge in [0.2, 0.25) is 0 Å². The third-order valence-electron chi connectivity index (χ3n) is 6.09. The zero-order valence-electron chi connectivity index (χ0n) is 20.7. The van der Waals surface area contributed by atoms with Crippen molar-refractivity contribution in [3.05, 3.63) is 58.5 Å². The number of nitrogens with zero attached hydrogens (tertiary/aromatic N) is 3. The van der Waals surface area contributed by atoms with Crippen LogP contribution in [0.5, 0.6) is 0 Å². The molecule has 1 aromatic carbocycles. The van der Waals surface area contributed by atoms with Crippen molar-refractivity contribution in [2.45, 2.75) is 70.8 Å². The third kappa shape index (κ3) is 6.64. The quantitative estimate of drug-likeness (QED) is 0.404. The first-order valence-electron chi connectivity index (χ1n) is 12.0. The van der Waals surface area contributed by atoms with E-state index in [1.54, 1.807) is 33.0 Å². The standard InChI is InChI=1S/C26H28F4N4O3/c1-25(2,3)37-24(36)33-21(15-6-7-15)5-4-9-34-10-8-16-11-19(20(27)12-18(16)23(34)35)22-31-13-17(14-32-22)26(28,29)30/h8,10-15,21H,4-7,9H2,1-3H3,(H,33,36). The summed E-state index contributed by atoms with van der Waals surface area (Å²) in [5.74, 6) is -0.626. The number of pyridine rings is 1. The Hall–Kier alpha value is -3.50. The Bertz CT molecular complexity index is 1340. The minimum Gasteiger partial charge on any atom is -0.444 e. The molecule has 1 aliphatic rings. The van der Waals surface area contributed by atoms with Crippen molar-refractivity contribution in [3.8, 4) is 11.4 Å². The number of carbonyl (C=O) groups excluding carboxylic acids is 1. The SMILES string of the molecule is CC(C)(C)OC(=O)NC(CCCn1ccc2cc(-c3ncc(C(F)(F)F)cn3)c(F)cc2c1=O)C1CC1. The summed E-state index contributed by atoms with van der Waals surface area (Å²) in [5, 5.41) is 3.49. The van der Waals surface area contributed by atoms with E-state index in [2.05, 4.69) is 15.3 Å². The molecule has 1 unspecified atom stereocenters. The number of alkyl halides is 3. The lowest BCUT2D eigenvalue weighted by Gasteiger charge is -2.23. The second-order valence-electron chi connectivity index (χ2n) is 10.3. The van der Waals surface area contributed by atoms with Gasteiger partial charge in [-0.3, -0.25) is 4.79 Å². The Morgan fingerprint density at radius 2 is 1.86 bits per heavy atom. The second-order valence-corrected chi connectivity index (χ2v) is 10.3. The lowest BCUT2D eigenvalue weighted by Crippen LogP contribution is -2.40. The van der Waals surface area contributed by atoms with E-state index >= 15 is 0 Å². The fourth-order valence-corrected chi connectivity index (χ4v) is 4.13. The molecule has 4 rings (SSSR count). The Balaban J connectivity index is 1.46. The molecule has 1 fully saturated rings. The number of nitrogens with one attached hydrogen (secondary N) is 1. The molecule has 2 heterocycles. The molecule has 7 nitrogen and oxygen atoms in total. The highest BCUT2D eigenvalue weighted by atomic mass is 19.4. The van der Waals surface area contributed by atoms with Gasteiger partial charge in [-0.2, -0.15) is 13.2 Å². The minimum absolute atomic E-state index is 0.0465. The molecule has 1 amide bonds. The second kappa shape index (κ2) is 10.1. The molecular formula is C26H28F4N4O3. The molecule has 2 aromatic heterocycles. The van der Waals surface area contributed by atoms with Gasteiger partial charge in [-0.15, -0.1) is 0 Å². The molecule has 37 heavy (non-hydrogen) atoms. The van der Waals surface area contributed by atoms with Crippen LogP contribution in [0.2, 0.25) is 0 Å². The van der Waals surface area contributed by atoms with E-state index in [0.717, 1.165) is 18.9 Å². The van der Waals surface area contributed by atoms with Crippen LogP contribution in [0.3, 0.4) is 0 Å².